The summed E-state index contributed by atoms with van der Waals surface area (Å²) in [5.74, 6) is 0.111. The van der Waals surface area contributed by atoms with Crippen LogP contribution in [-0.2, 0) is 16.1 Å². The third-order valence-electron chi connectivity index (χ3n) is 4.41. The molecule has 0 aromatic heterocycles. The van der Waals surface area contributed by atoms with E-state index < -0.39 is 5.41 Å². The molecule has 0 heterocycles. The minimum Gasteiger partial charge on any atom is -0.489 e. The topological polar surface area (TPSA) is 67.4 Å². The number of hydrogen-bond acceptors (Lipinski definition) is 3. The van der Waals surface area contributed by atoms with Gasteiger partial charge in [-0.1, -0.05) is 42.5 Å². The first-order chi connectivity index (χ1) is 12.5. The lowest BCUT2D eigenvalue weighted by molar-refractivity contribution is -0.134. The molecule has 1 aliphatic rings. The van der Waals surface area contributed by atoms with Crippen LogP contribution in [-0.4, -0.2) is 17.9 Å². The first-order valence-electron chi connectivity index (χ1n) is 8.91. The lowest BCUT2D eigenvalue weighted by Gasteiger charge is -2.18. The summed E-state index contributed by atoms with van der Waals surface area (Å²) in [6.07, 6.45) is 1.12. The van der Waals surface area contributed by atoms with E-state index in [-0.39, 0.29) is 17.9 Å². The summed E-state index contributed by atoms with van der Waals surface area (Å²) >= 11 is 0. The van der Waals surface area contributed by atoms with Crippen LogP contribution in [0.2, 0.25) is 0 Å². The Balaban J connectivity index is 1.65. The van der Waals surface area contributed by atoms with Crippen LogP contribution in [0.25, 0.3) is 0 Å². The summed E-state index contributed by atoms with van der Waals surface area (Å²) in [4.78, 5) is 25.4. The maximum Gasteiger partial charge on any atom is 0.240 e. The maximum atomic E-state index is 12.8. The Hall–Kier alpha value is -2.82. The Kier molecular flexibility index (Phi) is 5.26. The molecular weight excluding hydrogens is 328 g/mol. The Morgan fingerprint density at radius 1 is 1.00 bits per heavy atom. The lowest BCUT2D eigenvalue weighted by Crippen LogP contribution is -2.39. The fourth-order valence-corrected chi connectivity index (χ4v) is 2.80. The van der Waals surface area contributed by atoms with Gasteiger partial charge in [0.1, 0.15) is 11.2 Å². The molecule has 1 fully saturated rings. The minimum atomic E-state index is -0.972. The molecule has 0 bridgehead atoms. The maximum absolute atomic E-state index is 12.8. The van der Waals surface area contributed by atoms with Crippen LogP contribution in [0.3, 0.4) is 0 Å². The van der Waals surface area contributed by atoms with Crippen molar-refractivity contribution in [3.05, 3.63) is 60.2 Å². The van der Waals surface area contributed by atoms with E-state index in [9.17, 15) is 9.59 Å². The smallest absolute Gasteiger partial charge is 0.240 e. The van der Waals surface area contributed by atoms with Gasteiger partial charge in [0, 0.05) is 6.54 Å². The molecule has 136 valence electrons. The average Bonchev–Trinajstić information content (AvgIpc) is 3.44. The van der Waals surface area contributed by atoms with E-state index in [2.05, 4.69) is 10.6 Å². The van der Waals surface area contributed by atoms with Crippen LogP contribution in [0.1, 0.15) is 32.3 Å². The van der Waals surface area contributed by atoms with E-state index in [1.807, 2.05) is 62.4 Å². The number of rotatable bonds is 7. The Morgan fingerprint density at radius 2 is 1.65 bits per heavy atom. The lowest BCUT2D eigenvalue weighted by atomic mass is 10.0. The molecule has 1 aliphatic carbocycles. The van der Waals surface area contributed by atoms with Gasteiger partial charge in [0.05, 0.1) is 11.8 Å². The van der Waals surface area contributed by atoms with Crippen molar-refractivity contribution < 1.29 is 14.3 Å². The second-order valence-electron chi connectivity index (χ2n) is 6.87. The van der Waals surface area contributed by atoms with Gasteiger partial charge in [-0.25, -0.2) is 0 Å². The molecule has 5 nitrogen and oxygen atoms in total. The third-order valence-corrected chi connectivity index (χ3v) is 4.41. The molecule has 0 atom stereocenters. The van der Waals surface area contributed by atoms with Gasteiger partial charge in [-0.2, -0.15) is 0 Å². The first kappa shape index (κ1) is 18.0. The molecular formula is C21H24N2O3. The van der Waals surface area contributed by atoms with Crippen molar-refractivity contribution in [1.82, 2.24) is 5.32 Å². The molecule has 2 amide bonds. The van der Waals surface area contributed by atoms with Gasteiger partial charge in [-0.05, 0) is 44.4 Å². The number of nitrogens with one attached hydrogen (secondary N) is 2. The van der Waals surface area contributed by atoms with Crippen molar-refractivity contribution >= 4 is 17.5 Å². The largest absolute Gasteiger partial charge is 0.489 e. The molecule has 1 saturated carbocycles. The quantitative estimate of drug-likeness (QED) is 0.750. The molecule has 2 N–H and O–H groups in total. The SMILES string of the molecule is CC(C)Oc1ccccc1NC(=O)C1(C(=O)NCc2ccccc2)CC1. The highest BCUT2D eigenvalue weighted by Crippen LogP contribution is 2.47. The van der Waals surface area contributed by atoms with Crippen molar-refractivity contribution in [2.45, 2.75) is 39.3 Å². The van der Waals surface area contributed by atoms with Gasteiger partial charge in [0.15, 0.2) is 0 Å². The zero-order valence-corrected chi connectivity index (χ0v) is 15.1. The number of benzene rings is 2. The predicted molar refractivity (Wildman–Crippen MR) is 101 cm³/mol. The van der Waals surface area contributed by atoms with Crippen molar-refractivity contribution in [2.24, 2.45) is 5.41 Å². The second kappa shape index (κ2) is 7.60. The number of ether oxygens (including phenoxy) is 1. The summed E-state index contributed by atoms with van der Waals surface area (Å²) in [5, 5.41) is 5.76. The summed E-state index contributed by atoms with van der Waals surface area (Å²) in [6.45, 7) is 4.28. The average molecular weight is 352 g/mol. The number of carbonyl (C=O) groups is 2. The number of amides is 2. The highest BCUT2D eigenvalue weighted by Gasteiger charge is 2.56. The summed E-state index contributed by atoms with van der Waals surface area (Å²) < 4.78 is 5.73. The van der Waals surface area contributed by atoms with Gasteiger partial charge in [0.2, 0.25) is 11.8 Å². The molecule has 0 saturated heterocycles. The van der Waals surface area contributed by atoms with Gasteiger partial charge < -0.3 is 15.4 Å². The van der Waals surface area contributed by atoms with Gasteiger partial charge in [-0.3, -0.25) is 9.59 Å². The van der Waals surface area contributed by atoms with E-state index in [1.165, 1.54) is 0 Å². The fraction of sp³-hybridized carbons (Fsp3) is 0.333. The van der Waals surface area contributed by atoms with Crippen molar-refractivity contribution in [2.75, 3.05) is 5.32 Å². The van der Waals surface area contributed by atoms with Crippen LogP contribution in [0, 0.1) is 5.41 Å². The van der Waals surface area contributed by atoms with E-state index in [0.717, 1.165) is 5.56 Å². The molecule has 0 radical (unpaired) electrons. The molecule has 2 aromatic rings. The molecule has 0 aliphatic heterocycles. The van der Waals surface area contributed by atoms with E-state index in [1.54, 1.807) is 6.07 Å². The zero-order valence-electron chi connectivity index (χ0n) is 15.1. The standard InChI is InChI=1S/C21H24N2O3/c1-15(2)26-18-11-7-6-10-17(18)23-20(25)21(12-13-21)19(24)22-14-16-8-4-3-5-9-16/h3-11,15H,12-14H2,1-2H3,(H,22,24)(H,23,25). The highest BCUT2D eigenvalue weighted by atomic mass is 16.5. The van der Waals surface area contributed by atoms with Crippen LogP contribution in [0.4, 0.5) is 5.69 Å². The molecule has 2 aromatic carbocycles. The number of para-hydroxylation sites is 2. The van der Waals surface area contributed by atoms with E-state index >= 15 is 0 Å². The second-order valence-corrected chi connectivity index (χ2v) is 6.87. The minimum absolute atomic E-state index is 0.00268. The zero-order chi connectivity index (χ0) is 18.6. The molecule has 3 rings (SSSR count). The Bertz CT molecular complexity index is 783. The van der Waals surface area contributed by atoms with E-state index in [0.29, 0.717) is 30.8 Å². The van der Waals surface area contributed by atoms with Crippen LogP contribution in [0.5, 0.6) is 5.75 Å². The third kappa shape index (κ3) is 4.04. The van der Waals surface area contributed by atoms with Gasteiger partial charge >= 0.3 is 0 Å². The fourth-order valence-electron chi connectivity index (χ4n) is 2.80. The summed E-state index contributed by atoms with van der Waals surface area (Å²) in [5.41, 5.74) is 0.626. The normalized spacial score (nSPS) is 14.6. The number of hydrogen-bond donors (Lipinski definition) is 2. The van der Waals surface area contributed by atoms with Crippen LogP contribution < -0.4 is 15.4 Å². The van der Waals surface area contributed by atoms with Gasteiger partial charge in [0.25, 0.3) is 0 Å². The van der Waals surface area contributed by atoms with Crippen LogP contribution >= 0.6 is 0 Å². The first-order valence-corrected chi connectivity index (χ1v) is 8.91. The molecule has 0 spiro atoms. The Labute approximate surface area is 153 Å². The number of carbonyl (C=O) groups excluding carboxylic acids is 2. The van der Waals surface area contributed by atoms with Crippen molar-refractivity contribution in [3.63, 3.8) is 0 Å². The molecule has 5 heteroatoms. The van der Waals surface area contributed by atoms with Crippen molar-refractivity contribution in [3.8, 4) is 5.75 Å². The monoisotopic (exact) mass is 352 g/mol. The number of anilines is 1. The van der Waals surface area contributed by atoms with Crippen molar-refractivity contribution in [1.29, 1.82) is 0 Å². The summed E-state index contributed by atoms with van der Waals surface area (Å²) in [7, 11) is 0. The molecule has 0 unspecified atom stereocenters. The Morgan fingerprint density at radius 3 is 2.31 bits per heavy atom. The van der Waals surface area contributed by atoms with Gasteiger partial charge in [-0.15, -0.1) is 0 Å². The highest BCUT2D eigenvalue weighted by molar-refractivity contribution is 6.13. The van der Waals surface area contributed by atoms with Crippen LogP contribution in [0.15, 0.2) is 54.6 Å². The van der Waals surface area contributed by atoms with E-state index in [4.69, 9.17) is 4.74 Å². The summed E-state index contributed by atoms with van der Waals surface area (Å²) in [6, 6.07) is 16.9. The predicted octanol–water partition coefficient (Wildman–Crippen LogP) is 3.51. The molecule has 26 heavy (non-hydrogen) atoms.